The average molecular weight is 238 g/mol. The van der Waals surface area contributed by atoms with E-state index in [-0.39, 0.29) is 5.41 Å². The molecule has 2 aliphatic rings. The lowest BCUT2D eigenvalue weighted by Gasteiger charge is -2.37. The zero-order valence-electron chi connectivity index (χ0n) is 9.40. The monoisotopic (exact) mass is 238 g/mol. The molecule has 1 unspecified atom stereocenters. The van der Waals surface area contributed by atoms with Crippen molar-refractivity contribution in [1.82, 2.24) is 0 Å². The fraction of sp³-hybridized carbons (Fsp3) is 1.00. The lowest BCUT2D eigenvalue weighted by Crippen LogP contribution is -2.40. The van der Waals surface area contributed by atoms with Gasteiger partial charge in [-0.05, 0) is 23.9 Å². The van der Waals surface area contributed by atoms with Crippen LogP contribution < -0.4 is 0 Å². The van der Waals surface area contributed by atoms with Gasteiger partial charge in [0, 0.05) is 27.8 Å². The summed E-state index contributed by atoms with van der Waals surface area (Å²) in [5, 5.41) is 7.24. The molecule has 2 fully saturated rings. The van der Waals surface area contributed by atoms with Crippen molar-refractivity contribution in [2.75, 3.05) is 26.4 Å². The van der Waals surface area contributed by atoms with Crippen molar-refractivity contribution < 1.29 is 9.47 Å². The summed E-state index contributed by atoms with van der Waals surface area (Å²) in [7, 11) is 0. The molecule has 2 heterocycles. The summed E-state index contributed by atoms with van der Waals surface area (Å²) in [5.41, 5.74) is 16.8. The van der Waals surface area contributed by atoms with E-state index >= 15 is 0 Å². The maximum absolute atomic E-state index is 8.55. The van der Waals surface area contributed by atoms with Gasteiger partial charge in [-0.25, -0.2) is 0 Å². The molecule has 2 saturated heterocycles. The molecule has 0 N–H and O–H groups in total. The van der Waals surface area contributed by atoms with Crippen LogP contribution in [0.25, 0.3) is 20.9 Å². The first-order chi connectivity index (χ1) is 8.30. The molecule has 92 valence electrons. The van der Waals surface area contributed by atoms with E-state index in [9.17, 15) is 0 Å². The lowest BCUT2D eigenvalue weighted by molar-refractivity contribution is -0.0586. The minimum atomic E-state index is -0.708. The second-order valence-electron chi connectivity index (χ2n) is 4.56. The van der Waals surface area contributed by atoms with Crippen LogP contribution >= 0.6 is 0 Å². The third-order valence-corrected chi connectivity index (χ3v) is 3.41. The molecule has 0 bridgehead atoms. The highest BCUT2D eigenvalue weighted by atomic mass is 16.5. The molecule has 8 nitrogen and oxygen atoms in total. The van der Waals surface area contributed by atoms with Crippen LogP contribution in [-0.2, 0) is 9.47 Å². The molecule has 0 aliphatic carbocycles. The minimum absolute atomic E-state index is 0.354. The van der Waals surface area contributed by atoms with Crippen molar-refractivity contribution in [3.8, 4) is 0 Å². The Balaban J connectivity index is 2.17. The van der Waals surface area contributed by atoms with E-state index in [1.165, 1.54) is 0 Å². The topological polar surface area (TPSA) is 116 Å². The first-order valence-corrected chi connectivity index (χ1v) is 5.55. The Hall–Kier alpha value is -1.46. The predicted octanol–water partition coefficient (Wildman–Crippen LogP) is 2.38. The second-order valence-corrected chi connectivity index (χ2v) is 4.56. The summed E-state index contributed by atoms with van der Waals surface area (Å²) in [4.78, 5) is 5.54. The molecular weight excluding hydrogens is 224 g/mol. The van der Waals surface area contributed by atoms with Crippen LogP contribution in [-0.4, -0.2) is 32.6 Å². The largest absolute Gasteiger partial charge is 0.381 e. The summed E-state index contributed by atoms with van der Waals surface area (Å²) in [6.45, 7) is 2.54. The van der Waals surface area contributed by atoms with Gasteiger partial charge in [0.25, 0.3) is 0 Å². The molecule has 2 aliphatic heterocycles. The Kier molecular flexibility index (Phi) is 3.71. The minimum Gasteiger partial charge on any atom is -0.381 e. The molecule has 0 aromatic carbocycles. The maximum Gasteiger partial charge on any atom is 0.123 e. The smallest absolute Gasteiger partial charge is 0.123 e. The zero-order chi connectivity index (χ0) is 12.1. The van der Waals surface area contributed by atoms with Crippen LogP contribution in [0.2, 0.25) is 0 Å². The van der Waals surface area contributed by atoms with E-state index in [2.05, 4.69) is 20.1 Å². The molecule has 0 aromatic rings. The van der Waals surface area contributed by atoms with Gasteiger partial charge in [-0.3, -0.25) is 0 Å². The van der Waals surface area contributed by atoms with Crippen LogP contribution in [0, 0.1) is 11.3 Å². The molecule has 0 radical (unpaired) electrons. The summed E-state index contributed by atoms with van der Waals surface area (Å²) < 4.78 is 10.5. The Morgan fingerprint density at radius 1 is 1.24 bits per heavy atom. The van der Waals surface area contributed by atoms with Crippen LogP contribution in [0.5, 0.6) is 0 Å². The highest BCUT2D eigenvalue weighted by Gasteiger charge is 2.44. The number of azide groups is 1. The number of ether oxygens (including phenoxy) is 2. The van der Waals surface area contributed by atoms with Gasteiger partial charge in [0.05, 0.1) is 19.8 Å². The Bertz CT molecular complexity index is 346. The molecule has 0 spiro atoms. The van der Waals surface area contributed by atoms with Crippen LogP contribution in [0.4, 0.5) is 0 Å². The molecule has 0 saturated carbocycles. The van der Waals surface area contributed by atoms with Crippen molar-refractivity contribution in [2.24, 2.45) is 21.6 Å². The van der Waals surface area contributed by atoms with E-state index in [1.807, 2.05) is 0 Å². The first-order valence-electron chi connectivity index (χ1n) is 5.55. The average Bonchev–Trinajstić information content (AvgIpc) is 2.73. The standard InChI is InChI=1S/C9H14N6O2/c10-14-12-8(13-15-11)9(1-2-16-6-9)3-7-4-17-5-7/h7-8H,1-6H2. The maximum atomic E-state index is 8.55. The van der Waals surface area contributed by atoms with Crippen molar-refractivity contribution in [1.29, 1.82) is 0 Å². The van der Waals surface area contributed by atoms with Gasteiger partial charge in [0.1, 0.15) is 6.17 Å². The van der Waals surface area contributed by atoms with Crippen molar-refractivity contribution in [2.45, 2.75) is 19.0 Å². The van der Waals surface area contributed by atoms with E-state index in [0.717, 1.165) is 26.1 Å². The molecule has 0 amide bonds. The molecule has 8 heteroatoms. The molecule has 0 aromatic heterocycles. The molecule has 1 atom stereocenters. The van der Waals surface area contributed by atoms with Gasteiger partial charge < -0.3 is 9.47 Å². The lowest BCUT2D eigenvalue weighted by atomic mass is 9.75. The number of nitrogens with zero attached hydrogens (tertiary/aromatic N) is 6. The van der Waals surface area contributed by atoms with E-state index < -0.39 is 6.17 Å². The normalized spacial score (nSPS) is 29.9. The Morgan fingerprint density at radius 2 is 1.94 bits per heavy atom. The quantitative estimate of drug-likeness (QED) is 0.415. The number of hydrogen-bond acceptors (Lipinski definition) is 4. The van der Waals surface area contributed by atoms with Gasteiger partial charge in [-0.1, -0.05) is 10.2 Å². The predicted molar refractivity (Wildman–Crippen MR) is 58.9 cm³/mol. The Morgan fingerprint density at radius 3 is 2.35 bits per heavy atom. The van der Waals surface area contributed by atoms with Crippen LogP contribution in [0.1, 0.15) is 12.8 Å². The summed E-state index contributed by atoms with van der Waals surface area (Å²) in [6, 6.07) is 0. The highest BCUT2D eigenvalue weighted by molar-refractivity contribution is 4.95. The fourth-order valence-corrected chi connectivity index (χ4v) is 2.44. The van der Waals surface area contributed by atoms with Crippen molar-refractivity contribution >= 4 is 0 Å². The fourth-order valence-electron chi connectivity index (χ4n) is 2.44. The SMILES string of the molecule is [N-]=[N+]=NC(N=[N+]=[N-])C1(CC2COC2)CCOC1. The van der Waals surface area contributed by atoms with Gasteiger partial charge in [0.2, 0.25) is 0 Å². The summed E-state index contributed by atoms with van der Waals surface area (Å²) in [5.74, 6) is 0.446. The van der Waals surface area contributed by atoms with Gasteiger partial charge in [0.15, 0.2) is 0 Å². The molecule has 17 heavy (non-hydrogen) atoms. The zero-order valence-corrected chi connectivity index (χ0v) is 9.40. The molecule has 2 rings (SSSR count). The molecular formula is C9H14N6O2. The van der Waals surface area contributed by atoms with Crippen LogP contribution in [0.15, 0.2) is 10.2 Å². The summed E-state index contributed by atoms with van der Waals surface area (Å²) in [6.07, 6.45) is 0.864. The van der Waals surface area contributed by atoms with Crippen LogP contribution in [0.3, 0.4) is 0 Å². The van der Waals surface area contributed by atoms with Gasteiger partial charge >= 0.3 is 0 Å². The number of hydrogen-bond donors (Lipinski definition) is 0. The van der Waals surface area contributed by atoms with Gasteiger partial charge in [-0.2, -0.15) is 0 Å². The highest BCUT2D eigenvalue weighted by Crippen LogP contribution is 2.42. The van der Waals surface area contributed by atoms with Crippen molar-refractivity contribution in [3.63, 3.8) is 0 Å². The summed E-state index contributed by atoms with van der Waals surface area (Å²) >= 11 is 0. The third-order valence-electron chi connectivity index (χ3n) is 3.41. The Labute approximate surface area is 98.1 Å². The van der Waals surface area contributed by atoms with Crippen molar-refractivity contribution in [3.05, 3.63) is 20.9 Å². The van der Waals surface area contributed by atoms with E-state index in [4.69, 9.17) is 20.5 Å². The van der Waals surface area contributed by atoms with E-state index in [0.29, 0.717) is 19.1 Å². The first kappa shape index (κ1) is 12.0. The third kappa shape index (κ3) is 2.45. The van der Waals surface area contributed by atoms with Gasteiger partial charge in [-0.15, -0.1) is 0 Å². The van der Waals surface area contributed by atoms with E-state index in [1.54, 1.807) is 0 Å². The number of rotatable bonds is 5. The second kappa shape index (κ2) is 5.25.